The molecule has 4 heteroatoms. The second-order valence-corrected chi connectivity index (χ2v) is 4.42. The van der Waals surface area contributed by atoms with Crippen LogP contribution in [-0.4, -0.2) is 5.92 Å². The van der Waals surface area contributed by atoms with E-state index in [0.29, 0.717) is 5.76 Å². The van der Waals surface area contributed by atoms with Gasteiger partial charge in [-0.25, -0.2) is 8.78 Å². The molecule has 0 unspecified atom stereocenters. The van der Waals surface area contributed by atoms with E-state index in [2.05, 4.69) is 0 Å². The van der Waals surface area contributed by atoms with Crippen LogP contribution in [0, 0.1) is 6.92 Å². The molecular weight excluding hydrogens is 200 g/mol. The summed E-state index contributed by atoms with van der Waals surface area (Å²) < 4.78 is 31.4. The zero-order chi connectivity index (χ0) is 11.1. The molecule has 0 radical (unpaired) electrons. The molecule has 1 aromatic heterocycles. The molecule has 1 aromatic rings. The first-order chi connectivity index (χ1) is 6.91. The summed E-state index contributed by atoms with van der Waals surface area (Å²) in [5.41, 5.74) is 5.39. The highest BCUT2D eigenvalue weighted by molar-refractivity contribution is 5.16. The van der Waals surface area contributed by atoms with Gasteiger partial charge in [0, 0.05) is 12.8 Å². The third-order valence-electron chi connectivity index (χ3n) is 3.10. The smallest absolute Gasteiger partial charge is 0.248 e. The first kappa shape index (κ1) is 10.6. The van der Waals surface area contributed by atoms with E-state index in [0.717, 1.165) is 5.76 Å². The van der Waals surface area contributed by atoms with Gasteiger partial charge in [0.25, 0.3) is 0 Å². The number of aryl methyl sites for hydroxylation is 1. The van der Waals surface area contributed by atoms with E-state index in [1.807, 2.05) is 13.0 Å². The van der Waals surface area contributed by atoms with Gasteiger partial charge >= 0.3 is 0 Å². The lowest BCUT2D eigenvalue weighted by atomic mass is 9.79. The fourth-order valence-corrected chi connectivity index (χ4v) is 2.01. The van der Waals surface area contributed by atoms with E-state index in [9.17, 15) is 8.78 Å². The van der Waals surface area contributed by atoms with Gasteiger partial charge in [0.1, 0.15) is 11.5 Å². The molecule has 0 spiro atoms. The van der Waals surface area contributed by atoms with Crippen molar-refractivity contribution in [1.82, 2.24) is 0 Å². The maximum Gasteiger partial charge on any atom is 0.248 e. The van der Waals surface area contributed by atoms with Gasteiger partial charge < -0.3 is 10.2 Å². The first-order valence-corrected chi connectivity index (χ1v) is 5.15. The quantitative estimate of drug-likeness (QED) is 0.782. The van der Waals surface area contributed by atoms with Crippen LogP contribution in [-0.2, 0) is 5.54 Å². The second-order valence-electron chi connectivity index (χ2n) is 4.42. The van der Waals surface area contributed by atoms with Gasteiger partial charge in [0.2, 0.25) is 5.92 Å². The largest absolute Gasteiger partial charge is 0.464 e. The predicted molar refractivity (Wildman–Crippen MR) is 52.7 cm³/mol. The van der Waals surface area contributed by atoms with Gasteiger partial charge in [-0.3, -0.25) is 0 Å². The van der Waals surface area contributed by atoms with Crippen LogP contribution in [0.2, 0.25) is 0 Å². The fraction of sp³-hybridized carbons (Fsp3) is 0.636. The molecule has 1 saturated carbocycles. The zero-order valence-corrected chi connectivity index (χ0v) is 8.72. The van der Waals surface area contributed by atoms with Crippen molar-refractivity contribution in [2.45, 2.75) is 44.1 Å². The fourth-order valence-electron chi connectivity index (χ4n) is 2.01. The third kappa shape index (κ3) is 2.04. The van der Waals surface area contributed by atoms with Crippen LogP contribution in [0.3, 0.4) is 0 Å². The summed E-state index contributed by atoms with van der Waals surface area (Å²) in [5.74, 6) is -1.15. The van der Waals surface area contributed by atoms with E-state index in [1.165, 1.54) is 0 Å². The van der Waals surface area contributed by atoms with Crippen molar-refractivity contribution >= 4 is 0 Å². The standard InChI is InChI=1S/C11H15F2NO/c1-8-2-3-9(15-8)10(14)4-6-11(12,13)7-5-10/h2-3H,4-7,14H2,1H3. The lowest BCUT2D eigenvalue weighted by Crippen LogP contribution is -2.43. The Hall–Kier alpha value is -0.900. The van der Waals surface area contributed by atoms with E-state index >= 15 is 0 Å². The van der Waals surface area contributed by atoms with E-state index < -0.39 is 11.5 Å². The second kappa shape index (κ2) is 3.30. The van der Waals surface area contributed by atoms with Crippen LogP contribution in [0.15, 0.2) is 16.5 Å². The van der Waals surface area contributed by atoms with Gasteiger partial charge in [-0.05, 0) is 31.9 Å². The Labute approximate surface area is 87.4 Å². The number of alkyl halides is 2. The highest BCUT2D eigenvalue weighted by atomic mass is 19.3. The molecule has 0 aromatic carbocycles. The summed E-state index contributed by atoms with van der Waals surface area (Å²) in [7, 11) is 0. The molecule has 0 saturated heterocycles. The van der Waals surface area contributed by atoms with Crippen LogP contribution >= 0.6 is 0 Å². The van der Waals surface area contributed by atoms with Crippen LogP contribution < -0.4 is 5.73 Å². The molecule has 2 rings (SSSR count). The number of hydrogen-bond donors (Lipinski definition) is 1. The number of nitrogens with two attached hydrogens (primary N) is 1. The number of hydrogen-bond acceptors (Lipinski definition) is 2. The molecular formula is C11H15F2NO. The molecule has 2 N–H and O–H groups in total. The van der Waals surface area contributed by atoms with Crippen molar-refractivity contribution in [2.24, 2.45) is 5.73 Å². The Bertz CT molecular complexity index is 349. The highest BCUT2D eigenvalue weighted by Gasteiger charge is 2.43. The molecule has 0 bridgehead atoms. The molecule has 1 aliphatic rings. The SMILES string of the molecule is Cc1ccc(C2(N)CCC(F)(F)CC2)o1. The molecule has 0 atom stereocenters. The normalized spacial score (nSPS) is 24.0. The average molecular weight is 215 g/mol. The van der Waals surface area contributed by atoms with Gasteiger partial charge in [-0.2, -0.15) is 0 Å². The van der Waals surface area contributed by atoms with Gasteiger partial charge in [-0.15, -0.1) is 0 Å². The Balaban J connectivity index is 2.16. The monoisotopic (exact) mass is 215 g/mol. The minimum absolute atomic E-state index is 0.150. The Kier molecular flexibility index (Phi) is 2.34. The first-order valence-electron chi connectivity index (χ1n) is 5.15. The van der Waals surface area contributed by atoms with Gasteiger partial charge in [-0.1, -0.05) is 0 Å². The van der Waals surface area contributed by atoms with Crippen LogP contribution in [0.25, 0.3) is 0 Å². The Morgan fingerprint density at radius 2 is 1.80 bits per heavy atom. The number of rotatable bonds is 1. The highest BCUT2D eigenvalue weighted by Crippen LogP contribution is 2.42. The Morgan fingerprint density at radius 3 is 2.27 bits per heavy atom. The Morgan fingerprint density at radius 1 is 1.20 bits per heavy atom. The van der Waals surface area contributed by atoms with Crippen molar-refractivity contribution in [1.29, 1.82) is 0 Å². The average Bonchev–Trinajstić information content (AvgIpc) is 2.59. The summed E-state index contributed by atoms with van der Waals surface area (Å²) in [4.78, 5) is 0. The molecule has 1 aliphatic carbocycles. The minimum atomic E-state index is -2.55. The van der Waals surface area contributed by atoms with Crippen LogP contribution in [0.1, 0.15) is 37.2 Å². The third-order valence-corrected chi connectivity index (χ3v) is 3.10. The van der Waals surface area contributed by atoms with Crippen molar-refractivity contribution in [3.63, 3.8) is 0 Å². The maximum atomic E-state index is 13.0. The summed E-state index contributed by atoms with van der Waals surface area (Å²) in [6.07, 6.45) is 0.270. The summed E-state index contributed by atoms with van der Waals surface area (Å²) >= 11 is 0. The van der Waals surface area contributed by atoms with E-state index in [4.69, 9.17) is 10.2 Å². The molecule has 1 heterocycles. The molecule has 84 valence electrons. The topological polar surface area (TPSA) is 39.2 Å². The molecule has 0 amide bonds. The number of furan rings is 1. The summed E-state index contributed by atoms with van der Waals surface area (Å²) in [6.45, 7) is 1.82. The van der Waals surface area contributed by atoms with Gasteiger partial charge in [0.05, 0.1) is 5.54 Å². The molecule has 0 aliphatic heterocycles. The minimum Gasteiger partial charge on any atom is -0.464 e. The predicted octanol–water partition coefficient (Wildman–Crippen LogP) is 2.95. The van der Waals surface area contributed by atoms with Crippen LogP contribution in [0.5, 0.6) is 0 Å². The van der Waals surface area contributed by atoms with E-state index in [1.54, 1.807) is 6.07 Å². The van der Waals surface area contributed by atoms with Crippen molar-refractivity contribution in [3.05, 3.63) is 23.7 Å². The lowest BCUT2D eigenvalue weighted by molar-refractivity contribution is -0.0539. The number of halogens is 2. The van der Waals surface area contributed by atoms with Crippen molar-refractivity contribution in [3.8, 4) is 0 Å². The lowest BCUT2D eigenvalue weighted by Gasteiger charge is -2.35. The summed E-state index contributed by atoms with van der Waals surface area (Å²) in [5, 5.41) is 0. The van der Waals surface area contributed by atoms with Gasteiger partial charge in [0.15, 0.2) is 0 Å². The maximum absolute atomic E-state index is 13.0. The van der Waals surface area contributed by atoms with Crippen LogP contribution in [0.4, 0.5) is 8.78 Å². The van der Waals surface area contributed by atoms with E-state index in [-0.39, 0.29) is 25.7 Å². The zero-order valence-electron chi connectivity index (χ0n) is 8.72. The van der Waals surface area contributed by atoms with Crippen molar-refractivity contribution in [2.75, 3.05) is 0 Å². The summed E-state index contributed by atoms with van der Waals surface area (Å²) in [6, 6.07) is 3.61. The van der Waals surface area contributed by atoms with Crippen molar-refractivity contribution < 1.29 is 13.2 Å². The molecule has 1 fully saturated rings. The molecule has 2 nitrogen and oxygen atoms in total. The molecule has 15 heavy (non-hydrogen) atoms.